The number of carbonyl (C=O) groups is 2. The lowest BCUT2D eigenvalue weighted by atomic mass is 10.0. The number of benzene rings is 2. The zero-order valence-electron chi connectivity index (χ0n) is 20.8. The summed E-state index contributed by atoms with van der Waals surface area (Å²) in [5.74, 6) is 8.60. The molecule has 3 rings (SSSR count). The van der Waals surface area contributed by atoms with E-state index >= 15 is 0 Å². The van der Waals surface area contributed by atoms with Crippen molar-refractivity contribution < 1.29 is 19.8 Å². The first-order valence-electron chi connectivity index (χ1n) is 11.5. The topological polar surface area (TPSA) is 151 Å². The van der Waals surface area contributed by atoms with Gasteiger partial charge in [-0.3, -0.25) is 9.59 Å². The summed E-state index contributed by atoms with van der Waals surface area (Å²) >= 11 is 1.24. The summed E-state index contributed by atoms with van der Waals surface area (Å²) in [6, 6.07) is 15.0. The highest BCUT2D eigenvalue weighted by Gasteiger charge is 2.17. The van der Waals surface area contributed by atoms with Crippen LogP contribution < -0.4 is 22.1 Å². The minimum Gasteiger partial charge on any atom is -0.376 e. The van der Waals surface area contributed by atoms with E-state index in [-0.39, 0.29) is 37.9 Å². The van der Waals surface area contributed by atoms with E-state index in [1.165, 1.54) is 11.3 Å². The molecule has 2 aromatic carbocycles. The third-order valence-corrected chi connectivity index (χ3v) is 6.10. The van der Waals surface area contributed by atoms with Crippen molar-refractivity contribution in [2.45, 2.75) is 38.4 Å². The molecule has 0 saturated carbocycles. The number of hydrogen-bond acceptors (Lipinski definition) is 7. The third kappa shape index (κ3) is 10.7. The summed E-state index contributed by atoms with van der Waals surface area (Å²) in [6.45, 7) is 1.36. The van der Waals surface area contributed by atoms with Crippen LogP contribution in [0.3, 0.4) is 0 Å². The van der Waals surface area contributed by atoms with Crippen molar-refractivity contribution in [2.75, 3.05) is 0 Å². The number of halogens is 2. The Labute approximate surface area is 244 Å². The Morgan fingerprint density at radius 1 is 0.744 bits per heavy atom. The van der Waals surface area contributed by atoms with Crippen LogP contribution in [-0.4, -0.2) is 22.0 Å². The van der Waals surface area contributed by atoms with Gasteiger partial charge in [0, 0.05) is 37.3 Å². The molecule has 3 aromatic rings. The Hall–Kier alpha value is -3.38. The summed E-state index contributed by atoms with van der Waals surface area (Å²) in [4.78, 5) is 24.2. The zero-order chi connectivity index (χ0) is 26.6. The van der Waals surface area contributed by atoms with Crippen molar-refractivity contribution in [1.82, 2.24) is 10.6 Å². The first-order valence-corrected chi connectivity index (χ1v) is 12.4. The molecule has 0 spiro atoms. The van der Waals surface area contributed by atoms with Crippen LogP contribution in [0, 0.1) is 23.7 Å². The zero-order valence-corrected chi connectivity index (χ0v) is 23.3. The van der Waals surface area contributed by atoms with Gasteiger partial charge in [0.05, 0.1) is 0 Å². The summed E-state index contributed by atoms with van der Waals surface area (Å²) in [5.41, 5.74) is 15.6. The molecule has 0 aliphatic heterocycles. The highest BCUT2D eigenvalue weighted by Crippen LogP contribution is 2.27. The number of aliphatic hydroxyl groups is 2. The van der Waals surface area contributed by atoms with Crippen molar-refractivity contribution in [3.8, 4) is 23.7 Å². The van der Waals surface area contributed by atoms with Gasteiger partial charge in [0.1, 0.15) is 12.2 Å². The molecule has 2 unspecified atom stereocenters. The highest BCUT2D eigenvalue weighted by molar-refractivity contribution is 7.08. The number of rotatable bonds is 8. The average Bonchev–Trinajstić information content (AvgIpc) is 3.43. The molecule has 2 amide bonds. The van der Waals surface area contributed by atoms with Gasteiger partial charge in [-0.25, -0.2) is 0 Å². The maximum atomic E-state index is 12.1. The quantitative estimate of drug-likeness (QED) is 0.222. The third-order valence-electron chi connectivity index (χ3n) is 5.32. The fourth-order valence-electron chi connectivity index (χ4n) is 3.37. The molecule has 8 nitrogen and oxygen atoms in total. The lowest BCUT2D eigenvalue weighted by molar-refractivity contribution is -0.116. The van der Waals surface area contributed by atoms with Crippen LogP contribution in [0.2, 0.25) is 0 Å². The van der Waals surface area contributed by atoms with Crippen LogP contribution in [0.4, 0.5) is 0 Å². The summed E-state index contributed by atoms with van der Waals surface area (Å²) in [7, 11) is 0. The number of hydrogen-bond donors (Lipinski definition) is 6. The summed E-state index contributed by atoms with van der Waals surface area (Å²) in [6.07, 6.45) is -2.62. The van der Waals surface area contributed by atoms with E-state index in [9.17, 15) is 19.8 Å². The van der Waals surface area contributed by atoms with Crippen molar-refractivity contribution >= 4 is 48.0 Å². The maximum Gasteiger partial charge on any atom is 0.296 e. The average molecular weight is 590 g/mol. The van der Waals surface area contributed by atoms with Gasteiger partial charge in [-0.05, 0) is 44.9 Å². The van der Waals surface area contributed by atoms with Crippen LogP contribution in [0.5, 0.6) is 0 Å². The van der Waals surface area contributed by atoms with E-state index in [2.05, 4.69) is 34.3 Å². The minimum atomic E-state index is -1.31. The van der Waals surface area contributed by atoms with Gasteiger partial charge in [-0.15, -0.1) is 24.8 Å². The van der Waals surface area contributed by atoms with Crippen LogP contribution >= 0.6 is 36.2 Å². The molecule has 1 aromatic heterocycles. The first kappa shape index (κ1) is 33.6. The number of thiophene rings is 1. The van der Waals surface area contributed by atoms with Crippen LogP contribution in [0.25, 0.3) is 0 Å². The second-order valence-electron chi connectivity index (χ2n) is 8.04. The molecule has 0 aliphatic rings. The van der Waals surface area contributed by atoms with Crippen molar-refractivity contribution in [2.24, 2.45) is 11.5 Å². The van der Waals surface area contributed by atoms with E-state index in [1.54, 1.807) is 10.8 Å². The van der Waals surface area contributed by atoms with Crippen molar-refractivity contribution in [3.05, 3.63) is 92.7 Å². The lowest BCUT2D eigenvalue weighted by Gasteiger charge is -2.08. The van der Waals surface area contributed by atoms with E-state index < -0.39 is 24.0 Å². The number of nitrogens with one attached hydrogen (secondary N) is 2. The van der Waals surface area contributed by atoms with Gasteiger partial charge in [0.15, 0.2) is 0 Å². The van der Waals surface area contributed by atoms with E-state index in [0.717, 1.165) is 22.3 Å². The largest absolute Gasteiger partial charge is 0.376 e. The molecule has 0 radical (unpaired) electrons. The number of nitrogens with two attached hydrogens (primary N) is 2. The molecular formula is C28H30Cl2N4O4S. The van der Waals surface area contributed by atoms with Gasteiger partial charge in [-0.2, -0.15) is 11.3 Å². The van der Waals surface area contributed by atoms with Crippen molar-refractivity contribution in [1.29, 1.82) is 0 Å². The second-order valence-corrected chi connectivity index (χ2v) is 8.78. The fourth-order valence-corrected chi connectivity index (χ4v) is 4.26. The molecule has 0 saturated heterocycles. The molecule has 11 heteroatoms. The molecule has 206 valence electrons. The smallest absolute Gasteiger partial charge is 0.296 e. The molecule has 1 heterocycles. The molecule has 39 heavy (non-hydrogen) atoms. The van der Waals surface area contributed by atoms with E-state index in [1.807, 2.05) is 48.5 Å². The number of aliphatic hydroxyl groups excluding tert-OH is 2. The van der Waals surface area contributed by atoms with Crippen molar-refractivity contribution in [3.63, 3.8) is 0 Å². The normalized spacial score (nSPS) is 11.2. The van der Waals surface area contributed by atoms with Crippen LogP contribution in [-0.2, 0) is 35.8 Å². The summed E-state index contributed by atoms with van der Waals surface area (Å²) < 4.78 is 0. The molecule has 2 atom stereocenters. The van der Waals surface area contributed by atoms with Crippen LogP contribution in [0.1, 0.15) is 45.6 Å². The SMILES string of the molecule is Cl.Cl.NCc1cccc(CNC(=O)C#CC(O)c2cscc2C(O)C#CC(=O)NCc2cccc(CN)c2)c1. The predicted octanol–water partition coefficient (Wildman–Crippen LogP) is 2.22. The molecule has 0 aliphatic carbocycles. The second kappa shape index (κ2) is 17.3. The van der Waals surface area contributed by atoms with Gasteiger partial charge in [-0.1, -0.05) is 60.4 Å². The standard InChI is InChI=1S/C28H28N4O4S.2ClH/c29-13-19-3-1-5-21(11-19)15-31-27(35)9-7-25(33)23-17-37-18-24(23)26(34)8-10-28(36)32-16-22-6-2-4-20(12-22)14-30;;/h1-6,11-12,17-18,25-26,33-34H,13-16,29-30H2,(H,31,35)(H,32,36);2*1H. The highest BCUT2D eigenvalue weighted by atomic mass is 35.5. The Kier molecular flexibility index (Phi) is 14.9. The van der Waals surface area contributed by atoms with Gasteiger partial charge >= 0.3 is 0 Å². The molecule has 0 fully saturated rings. The number of amides is 2. The van der Waals surface area contributed by atoms with E-state index in [4.69, 9.17) is 11.5 Å². The molecule has 8 N–H and O–H groups in total. The monoisotopic (exact) mass is 588 g/mol. The first-order chi connectivity index (χ1) is 17.9. The molecule has 0 bridgehead atoms. The fraction of sp³-hybridized carbons (Fsp3) is 0.214. The molecular weight excluding hydrogens is 559 g/mol. The van der Waals surface area contributed by atoms with Gasteiger partial charge in [0.25, 0.3) is 11.8 Å². The maximum absolute atomic E-state index is 12.1. The van der Waals surface area contributed by atoms with E-state index in [0.29, 0.717) is 24.2 Å². The number of carbonyl (C=O) groups excluding carboxylic acids is 2. The summed E-state index contributed by atoms with van der Waals surface area (Å²) in [5, 5.41) is 29.5. The Morgan fingerprint density at radius 2 is 1.13 bits per heavy atom. The Morgan fingerprint density at radius 3 is 1.51 bits per heavy atom. The van der Waals surface area contributed by atoms with Crippen LogP contribution in [0.15, 0.2) is 59.3 Å². The van der Waals surface area contributed by atoms with Gasteiger partial charge < -0.3 is 32.3 Å². The van der Waals surface area contributed by atoms with Gasteiger partial charge in [0.2, 0.25) is 0 Å². The lowest BCUT2D eigenvalue weighted by Crippen LogP contribution is -2.21. The Bertz CT molecular complexity index is 1270. The Balaban J connectivity index is 0.00000380. The minimum absolute atomic E-state index is 0. The predicted molar refractivity (Wildman–Crippen MR) is 157 cm³/mol.